The molecule has 2 rings (SSSR count). The zero-order valence-electron chi connectivity index (χ0n) is 11.0. The number of phenolic OH excluding ortho intramolecular Hbond substituents is 2. The minimum Gasteiger partial charge on any atom is -0.508 e. The Bertz CT molecular complexity index is 532. The standard InChI is InChI=1S/C16H18O3/c1-2-19-11-13-5-8-16(18)14(10-13)9-12-3-6-15(17)7-4-12/h3-8,10,17-18H,2,9,11H2,1H3. The Morgan fingerprint density at radius 3 is 2.32 bits per heavy atom. The van der Waals surface area contributed by atoms with Crippen LogP contribution in [0, 0.1) is 0 Å². The number of phenols is 2. The molecule has 3 heteroatoms. The maximum Gasteiger partial charge on any atom is 0.119 e. The smallest absolute Gasteiger partial charge is 0.119 e. The Kier molecular flexibility index (Phi) is 4.42. The molecule has 2 aromatic carbocycles. The van der Waals surface area contributed by atoms with Gasteiger partial charge in [0.1, 0.15) is 11.5 Å². The molecule has 2 N–H and O–H groups in total. The van der Waals surface area contributed by atoms with E-state index in [2.05, 4.69) is 0 Å². The first-order chi connectivity index (χ1) is 9.19. The molecule has 0 spiro atoms. The molecular formula is C16H18O3. The van der Waals surface area contributed by atoms with Crippen LogP contribution < -0.4 is 0 Å². The molecule has 2 aromatic rings. The largest absolute Gasteiger partial charge is 0.508 e. The lowest BCUT2D eigenvalue weighted by atomic mass is 10.0. The van der Waals surface area contributed by atoms with Gasteiger partial charge in [0.05, 0.1) is 6.61 Å². The van der Waals surface area contributed by atoms with E-state index in [0.29, 0.717) is 19.6 Å². The number of hydrogen-bond acceptors (Lipinski definition) is 3. The summed E-state index contributed by atoms with van der Waals surface area (Å²) >= 11 is 0. The lowest BCUT2D eigenvalue weighted by molar-refractivity contribution is 0.134. The fraction of sp³-hybridized carbons (Fsp3) is 0.250. The number of benzene rings is 2. The molecule has 0 unspecified atom stereocenters. The van der Waals surface area contributed by atoms with Crippen LogP contribution in [0.25, 0.3) is 0 Å². The topological polar surface area (TPSA) is 49.7 Å². The van der Waals surface area contributed by atoms with Crippen LogP contribution >= 0.6 is 0 Å². The van der Waals surface area contributed by atoms with Crippen LogP contribution in [0.1, 0.15) is 23.6 Å². The predicted molar refractivity (Wildman–Crippen MR) is 74.3 cm³/mol. The average Bonchev–Trinajstić information content (AvgIpc) is 2.42. The Labute approximate surface area is 113 Å². The van der Waals surface area contributed by atoms with E-state index in [1.165, 1.54) is 0 Å². The van der Waals surface area contributed by atoms with Crippen molar-refractivity contribution in [1.82, 2.24) is 0 Å². The third-order valence-corrected chi connectivity index (χ3v) is 2.95. The van der Waals surface area contributed by atoms with Gasteiger partial charge in [0.15, 0.2) is 0 Å². The summed E-state index contributed by atoms with van der Waals surface area (Å²) in [6.45, 7) is 3.19. The number of aromatic hydroxyl groups is 2. The third-order valence-electron chi connectivity index (χ3n) is 2.95. The molecule has 0 amide bonds. The summed E-state index contributed by atoms with van der Waals surface area (Å²) in [5.41, 5.74) is 2.96. The molecule has 0 saturated heterocycles. The molecule has 0 aliphatic heterocycles. The van der Waals surface area contributed by atoms with Crippen molar-refractivity contribution >= 4 is 0 Å². The molecule has 3 nitrogen and oxygen atoms in total. The van der Waals surface area contributed by atoms with Crippen LogP contribution in [-0.2, 0) is 17.8 Å². The van der Waals surface area contributed by atoms with Gasteiger partial charge in [-0.15, -0.1) is 0 Å². The van der Waals surface area contributed by atoms with E-state index in [0.717, 1.165) is 16.7 Å². The monoisotopic (exact) mass is 258 g/mol. The normalized spacial score (nSPS) is 10.6. The molecular weight excluding hydrogens is 240 g/mol. The lowest BCUT2D eigenvalue weighted by Gasteiger charge is -2.08. The summed E-state index contributed by atoms with van der Waals surface area (Å²) < 4.78 is 5.37. The van der Waals surface area contributed by atoms with Gasteiger partial charge in [0.2, 0.25) is 0 Å². The van der Waals surface area contributed by atoms with Gasteiger partial charge in [-0.1, -0.05) is 18.2 Å². The molecule has 100 valence electrons. The zero-order chi connectivity index (χ0) is 13.7. The lowest BCUT2D eigenvalue weighted by Crippen LogP contribution is -1.95. The Balaban J connectivity index is 2.16. The second kappa shape index (κ2) is 6.25. The Morgan fingerprint density at radius 2 is 1.63 bits per heavy atom. The van der Waals surface area contributed by atoms with Crippen molar-refractivity contribution in [3.63, 3.8) is 0 Å². The second-order valence-electron chi connectivity index (χ2n) is 4.44. The van der Waals surface area contributed by atoms with Gasteiger partial charge in [0, 0.05) is 13.0 Å². The summed E-state index contributed by atoms with van der Waals surface area (Å²) in [6, 6.07) is 12.5. The molecule has 0 radical (unpaired) electrons. The van der Waals surface area contributed by atoms with Gasteiger partial charge >= 0.3 is 0 Å². The highest BCUT2D eigenvalue weighted by Gasteiger charge is 2.05. The van der Waals surface area contributed by atoms with Crippen LogP contribution in [0.15, 0.2) is 42.5 Å². The van der Waals surface area contributed by atoms with Crippen molar-refractivity contribution in [3.05, 3.63) is 59.2 Å². The molecule has 19 heavy (non-hydrogen) atoms. The van der Waals surface area contributed by atoms with Crippen molar-refractivity contribution in [2.24, 2.45) is 0 Å². The molecule has 0 bridgehead atoms. The van der Waals surface area contributed by atoms with Crippen molar-refractivity contribution in [2.75, 3.05) is 6.61 Å². The van der Waals surface area contributed by atoms with Crippen LogP contribution in [-0.4, -0.2) is 16.8 Å². The number of hydrogen-bond donors (Lipinski definition) is 2. The fourth-order valence-corrected chi connectivity index (χ4v) is 1.92. The molecule has 0 aliphatic carbocycles. The molecule has 0 heterocycles. The van der Waals surface area contributed by atoms with E-state index in [1.807, 2.05) is 31.2 Å². The van der Waals surface area contributed by atoms with Crippen molar-refractivity contribution in [3.8, 4) is 11.5 Å². The predicted octanol–water partition coefficient (Wildman–Crippen LogP) is 3.23. The first-order valence-electron chi connectivity index (χ1n) is 6.35. The van der Waals surface area contributed by atoms with Gasteiger partial charge < -0.3 is 14.9 Å². The zero-order valence-corrected chi connectivity index (χ0v) is 11.0. The molecule has 0 aliphatic rings. The van der Waals surface area contributed by atoms with E-state index >= 15 is 0 Å². The van der Waals surface area contributed by atoms with Crippen molar-refractivity contribution in [1.29, 1.82) is 0 Å². The van der Waals surface area contributed by atoms with E-state index in [9.17, 15) is 10.2 Å². The third kappa shape index (κ3) is 3.73. The van der Waals surface area contributed by atoms with Crippen LogP contribution in [0.2, 0.25) is 0 Å². The molecule has 0 fully saturated rings. The van der Waals surface area contributed by atoms with E-state index in [-0.39, 0.29) is 11.5 Å². The maximum absolute atomic E-state index is 9.89. The Hall–Kier alpha value is -2.00. The quantitative estimate of drug-likeness (QED) is 0.865. The van der Waals surface area contributed by atoms with Crippen LogP contribution in [0.5, 0.6) is 11.5 Å². The molecule has 0 saturated carbocycles. The summed E-state index contributed by atoms with van der Waals surface area (Å²) in [5.74, 6) is 0.534. The highest BCUT2D eigenvalue weighted by molar-refractivity contribution is 5.40. The van der Waals surface area contributed by atoms with Gasteiger partial charge in [-0.05, 0) is 47.9 Å². The van der Waals surface area contributed by atoms with E-state index in [1.54, 1.807) is 18.2 Å². The van der Waals surface area contributed by atoms with Crippen molar-refractivity contribution in [2.45, 2.75) is 20.0 Å². The van der Waals surface area contributed by atoms with E-state index < -0.39 is 0 Å². The highest BCUT2D eigenvalue weighted by atomic mass is 16.5. The fourth-order valence-electron chi connectivity index (χ4n) is 1.92. The molecule has 0 aromatic heterocycles. The maximum atomic E-state index is 9.89. The van der Waals surface area contributed by atoms with Gasteiger partial charge in [0.25, 0.3) is 0 Å². The SMILES string of the molecule is CCOCc1ccc(O)c(Cc2ccc(O)cc2)c1. The summed E-state index contributed by atoms with van der Waals surface area (Å²) in [6.07, 6.45) is 0.631. The summed E-state index contributed by atoms with van der Waals surface area (Å²) in [5, 5.41) is 19.1. The number of rotatable bonds is 5. The number of ether oxygens (including phenoxy) is 1. The van der Waals surface area contributed by atoms with E-state index in [4.69, 9.17) is 4.74 Å². The molecule has 0 atom stereocenters. The van der Waals surface area contributed by atoms with Gasteiger partial charge in [-0.25, -0.2) is 0 Å². The van der Waals surface area contributed by atoms with Crippen molar-refractivity contribution < 1.29 is 14.9 Å². The summed E-state index contributed by atoms with van der Waals surface area (Å²) in [4.78, 5) is 0. The van der Waals surface area contributed by atoms with Crippen LogP contribution in [0.4, 0.5) is 0 Å². The van der Waals surface area contributed by atoms with Crippen LogP contribution in [0.3, 0.4) is 0 Å². The second-order valence-corrected chi connectivity index (χ2v) is 4.44. The first-order valence-corrected chi connectivity index (χ1v) is 6.35. The first kappa shape index (κ1) is 13.4. The minimum atomic E-state index is 0.248. The van der Waals surface area contributed by atoms with Gasteiger partial charge in [-0.3, -0.25) is 0 Å². The van der Waals surface area contributed by atoms with Gasteiger partial charge in [-0.2, -0.15) is 0 Å². The highest BCUT2D eigenvalue weighted by Crippen LogP contribution is 2.23. The average molecular weight is 258 g/mol. The summed E-state index contributed by atoms with van der Waals surface area (Å²) in [7, 11) is 0. The minimum absolute atomic E-state index is 0.248. The Morgan fingerprint density at radius 1 is 0.947 bits per heavy atom.